The molecule has 0 saturated carbocycles. The fourth-order valence-corrected chi connectivity index (χ4v) is 7.90. The van der Waals surface area contributed by atoms with Gasteiger partial charge in [-0.15, -0.1) is 78.5 Å². The van der Waals surface area contributed by atoms with Crippen LogP contribution in [0.15, 0.2) is 121 Å². The molecule has 0 saturated heterocycles. The molecule has 0 aromatic heterocycles. The average Bonchev–Trinajstić information content (AvgIpc) is 3.53. The van der Waals surface area contributed by atoms with E-state index in [0.29, 0.717) is 0 Å². The monoisotopic (exact) mass is 1570 g/mol. The SMILES string of the molecule is [CH-]=Cc1ccc2c3c4ccccc4c(-c4ccc(-c5cc6c(c7ccccc57)c5ccc(C)cc5[c-]6C)cc4)cc3[c-](C)c2c1.[CH3-].[Re].[Rf].[Rf].[Rf]. The summed E-state index contributed by atoms with van der Waals surface area (Å²) in [6, 6.07) is 45.2. The van der Waals surface area contributed by atoms with Crippen molar-refractivity contribution in [1.29, 1.82) is 0 Å². The molecular formula is C46H34ReRf3-4. The minimum absolute atomic E-state index is 0. The fourth-order valence-electron chi connectivity index (χ4n) is 7.90. The van der Waals surface area contributed by atoms with Gasteiger partial charge in [-0.05, 0) is 39.9 Å². The Bertz CT molecular complexity index is 2690. The van der Waals surface area contributed by atoms with Crippen molar-refractivity contribution in [2.75, 3.05) is 0 Å². The molecule has 9 aromatic carbocycles. The summed E-state index contributed by atoms with van der Waals surface area (Å²) in [4.78, 5) is 0. The molecule has 0 amide bonds. The smallest absolute Gasteiger partial charge is 0 e. The van der Waals surface area contributed by atoms with Gasteiger partial charge in [0.15, 0.2) is 0 Å². The van der Waals surface area contributed by atoms with Crippen molar-refractivity contribution in [2.45, 2.75) is 20.8 Å². The van der Waals surface area contributed by atoms with Crippen molar-refractivity contribution in [3.63, 3.8) is 0 Å². The summed E-state index contributed by atoms with van der Waals surface area (Å²) in [7, 11) is 0. The molecule has 0 heterocycles. The molecule has 0 N–H and O–H groups in total. The van der Waals surface area contributed by atoms with Crippen LogP contribution in [0.25, 0.3) is 93.0 Å². The molecule has 0 aliphatic rings. The van der Waals surface area contributed by atoms with Crippen LogP contribution in [0, 0.1) is 34.8 Å². The molecule has 0 spiro atoms. The van der Waals surface area contributed by atoms with E-state index in [1.807, 2.05) is 0 Å². The van der Waals surface area contributed by atoms with Crippen LogP contribution in [-0.2, 0) is 20.4 Å². The molecule has 0 aliphatic heterocycles. The van der Waals surface area contributed by atoms with Gasteiger partial charge in [0, 0.05) is 20.4 Å². The average molecular weight is 1570 g/mol. The number of benzene rings is 7. The Hall–Kier alpha value is -7.80. The Morgan fingerprint density at radius 1 is 0.480 bits per heavy atom. The molecule has 0 bridgehead atoms. The summed E-state index contributed by atoms with van der Waals surface area (Å²) in [5.74, 6) is 0. The normalized spacial score (nSPS) is 10.8. The van der Waals surface area contributed by atoms with Crippen molar-refractivity contribution in [2.24, 2.45) is 0 Å². The van der Waals surface area contributed by atoms with Gasteiger partial charge in [-0.25, -0.2) is 11.6 Å². The van der Waals surface area contributed by atoms with E-state index >= 15 is 0 Å². The van der Waals surface area contributed by atoms with Crippen LogP contribution in [-0.4, -0.2) is 0 Å². The number of rotatable bonds is 3. The van der Waals surface area contributed by atoms with Crippen LogP contribution in [0.2, 0.25) is 0 Å². The van der Waals surface area contributed by atoms with Gasteiger partial charge in [0.2, 0.25) is 0 Å². The summed E-state index contributed by atoms with van der Waals surface area (Å²) in [5, 5.41) is 15.8. The maximum atomic E-state index is 5.89. The number of hydrogen-bond acceptors (Lipinski definition) is 0. The molecule has 50 heavy (non-hydrogen) atoms. The summed E-state index contributed by atoms with van der Waals surface area (Å²) in [6.07, 6.45) is 1.69. The van der Waals surface area contributed by atoms with Crippen LogP contribution in [0.1, 0.15) is 22.3 Å². The van der Waals surface area contributed by atoms with E-state index in [1.54, 1.807) is 6.08 Å². The van der Waals surface area contributed by atoms with Crippen molar-refractivity contribution >= 4 is 70.7 Å². The maximum Gasteiger partial charge on any atom is 0 e. The van der Waals surface area contributed by atoms with Crippen LogP contribution in [0.4, 0.5) is 0 Å². The summed E-state index contributed by atoms with van der Waals surface area (Å²) in [5.41, 5.74) is 10.0. The minimum Gasteiger partial charge on any atom is -0.358 e. The first-order chi connectivity index (χ1) is 22.0. The predicted molar refractivity (Wildman–Crippen MR) is 203 cm³/mol. The molecule has 0 unspecified atom stereocenters. The second-order valence-corrected chi connectivity index (χ2v) is 12.6. The van der Waals surface area contributed by atoms with Gasteiger partial charge >= 0.3 is 0 Å². The molecule has 0 atom stereocenters. The molecule has 0 aliphatic carbocycles. The first-order valence-electron chi connectivity index (χ1n) is 15.7. The maximum absolute atomic E-state index is 5.89. The van der Waals surface area contributed by atoms with Gasteiger partial charge in [-0.2, -0.15) is 12.1 Å². The topological polar surface area (TPSA) is 0 Å². The standard InChI is InChI=1S/C45H31.CH3.Re.3Rf/c1-5-29-15-21-37-39(23-29)28(4)41-25-43(33-11-7-9-13-35(33)45(37)41)31-18-16-30(17-19-31)42-24-40-27(3)38-22-26(2)14-20-36(38)44(40)34-12-8-6-10-32(34)42;;;;;/h1,5-25H,2-4H3;1H3;;;;/q-3;-1;;;;. The number of hydrogen-bond donors (Lipinski definition) is 0. The minimum atomic E-state index is 0. The Balaban J connectivity index is 0.00000112. The zero-order chi connectivity index (χ0) is 30.4. The van der Waals surface area contributed by atoms with Crippen LogP contribution < -0.4 is 0 Å². The molecule has 0 fully saturated rings. The van der Waals surface area contributed by atoms with E-state index in [2.05, 4.69) is 142 Å². The number of fused-ring (bicyclic) bond motifs is 10. The quantitative estimate of drug-likeness (QED) is 0.155. The Labute approximate surface area is 290 Å². The number of aryl methyl sites for hydroxylation is 3. The van der Waals surface area contributed by atoms with Gasteiger partial charge < -0.3 is 7.43 Å². The van der Waals surface area contributed by atoms with E-state index in [-0.39, 0.29) is 27.8 Å². The van der Waals surface area contributed by atoms with Gasteiger partial charge in [0.1, 0.15) is 0 Å². The Kier molecular flexibility index (Phi) is 8.71. The predicted octanol–water partition coefficient (Wildman–Crippen LogP) is 13.2. The van der Waals surface area contributed by atoms with E-state index in [9.17, 15) is 0 Å². The Morgan fingerprint density at radius 2 is 0.900 bits per heavy atom. The van der Waals surface area contributed by atoms with Crippen molar-refractivity contribution in [1.82, 2.24) is 0 Å². The molecule has 9 aromatic rings. The molecular weight excluding hydrogens is 1540 g/mol. The first kappa shape index (κ1) is 35.1. The van der Waals surface area contributed by atoms with Gasteiger partial charge in [-0.3, -0.25) is 6.58 Å². The van der Waals surface area contributed by atoms with Crippen LogP contribution in [0.3, 0.4) is 0 Å². The molecule has 9 rings (SSSR count). The van der Waals surface area contributed by atoms with Gasteiger partial charge in [0.25, 0.3) is 0 Å². The van der Waals surface area contributed by atoms with E-state index in [0.717, 1.165) is 5.56 Å². The van der Waals surface area contributed by atoms with Gasteiger partial charge in [-0.1, -0.05) is 115 Å². The third-order valence-electron chi connectivity index (χ3n) is 10.2. The summed E-state index contributed by atoms with van der Waals surface area (Å²) < 4.78 is 0. The molecule has 0 nitrogen and oxygen atoms in total. The molecule has 4 heteroatoms. The third kappa shape index (κ3) is 4.58. The van der Waals surface area contributed by atoms with Gasteiger partial charge in [0.05, 0.1) is 0 Å². The van der Waals surface area contributed by atoms with Crippen molar-refractivity contribution in [3.05, 3.63) is 158 Å². The molecule has 1 radical (unpaired) electrons. The zero-order valence-corrected chi connectivity index (χ0v) is 51.1. The zero-order valence-electron chi connectivity index (χ0n) is 29.2. The first-order valence-corrected chi connectivity index (χ1v) is 15.7. The van der Waals surface area contributed by atoms with E-state index in [1.165, 1.54) is 104 Å². The van der Waals surface area contributed by atoms with E-state index in [4.69, 9.17) is 6.58 Å². The summed E-state index contributed by atoms with van der Waals surface area (Å²) in [6.45, 7) is 12.6. The summed E-state index contributed by atoms with van der Waals surface area (Å²) >= 11 is 0. The van der Waals surface area contributed by atoms with E-state index < -0.39 is 0 Å². The third-order valence-corrected chi connectivity index (χ3v) is 10.2. The Morgan fingerprint density at radius 3 is 1.36 bits per heavy atom. The second kappa shape index (κ2) is 12.4. The fraction of sp³-hybridized carbons (Fsp3) is 0.0652. The second-order valence-electron chi connectivity index (χ2n) is 12.6. The largest absolute Gasteiger partial charge is 0.358 e. The molecule has 235 valence electrons. The van der Waals surface area contributed by atoms with Crippen LogP contribution in [0.5, 0.6) is 0 Å². The van der Waals surface area contributed by atoms with Crippen molar-refractivity contribution < 1.29 is 20.4 Å². The van der Waals surface area contributed by atoms with Crippen molar-refractivity contribution in [3.8, 4) is 22.3 Å². The van der Waals surface area contributed by atoms with Crippen LogP contribution >= 0.6 is 0 Å².